The van der Waals surface area contributed by atoms with Gasteiger partial charge in [0, 0.05) is 23.7 Å². The maximum absolute atomic E-state index is 13.2. The van der Waals surface area contributed by atoms with Gasteiger partial charge >= 0.3 is 0 Å². The maximum Gasteiger partial charge on any atom is 0.251 e. The molecular formula is C22H23FN4O. The van der Waals surface area contributed by atoms with E-state index < -0.39 is 0 Å². The van der Waals surface area contributed by atoms with E-state index in [1.54, 1.807) is 35.1 Å². The van der Waals surface area contributed by atoms with Crippen molar-refractivity contribution < 1.29 is 9.18 Å². The molecule has 0 radical (unpaired) electrons. The molecule has 2 atom stereocenters. The van der Waals surface area contributed by atoms with Crippen LogP contribution in [0.25, 0.3) is 16.9 Å². The molecule has 1 aliphatic rings. The Bertz CT molecular complexity index is 949. The molecular weight excluding hydrogens is 355 g/mol. The van der Waals surface area contributed by atoms with Crippen LogP contribution in [-0.2, 0) is 0 Å². The molecule has 2 heterocycles. The first-order chi connectivity index (χ1) is 13.6. The molecule has 28 heavy (non-hydrogen) atoms. The minimum Gasteiger partial charge on any atom is -0.352 e. The van der Waals surface area contributed by atoms with Crippen molar-refractivity contribution in [1.29, 1.82) is 0 Å². The van der Waals surface area contributed by atoms with E-state index in [1.165, 1.54) is 12.1 Å². The monoisotopic (exact) mass is 378 g/mol. The van der Waals surface area contributed by atoms with Crippen LogP contribution in [0.2, 0.25) is 0 Å². The quantitative estimate of drug-likeness (QED) is 0.715. The molecule has 6 heteroatoms. The van der Waals surface area contributed by atoms with E-state index in [0.29, 0.717) is 24.1 Å². The Hall–Kier alpha value is -2.99. The van der Waals surface area contributed by atoms with Crippen LogP contribution in [0, 0.1) is 11.7 Å². The Balaban J connectivity index is 1.46. The molecule has 1 fully saturated rings. The molecule has 1 amide bonds. The van der Waals surface area contributed by atoms with Gasteiger partial charge < -0.3 is 10.6 Å². The van der Waals surface area contributed by atoms with Gasteiger partial charge in [-0.2, -0.15) is 5.10 Å². The molecule has 0 aliphatic carbocycles. The molecule has 2 aromatic carbocycles. The molecule has 144 valence electrons. The summed E-state index contributed by atoms with van der Waals surface area (Å²) in [6, 6.07) is 16.1. The topological polar surface area (TPSA) is 59.0 Å². The highest BCUT2D eigenvalue weighted by atomic mass is 19.1. The number of benzene rings is 2. The molecule has 3 aromatic rings. The summed E-state index contributed by atoms with van der Waals surface area (Å²) < 4.78 is 15.0. The van der Waals surface area contributed by atoms with Crippen LogP contribution in [0.5, 0.6) is 0 Å². The summed E-state index contributed by atoms with van der Waals surface area (Å²) in [6.45, 7) is 3.80. The fraction of sp³-hybridized carbons (Fsp3) is 0.273. The highest BCUT2D eigenvalue weighted by Gasteiger charge is 2.21. The van der Waals surface area contributed by atoms with Gasteiger partial charge in [-0.05, 0) is 80.4 Å². The van der Waals surface area contributed by atoms with Crippen molar-refractivity contribution in [2.75, 3.05) is 13.1 Å². The maximum atomic E-state index is 13.2. The van der Waals surface area contributed by atoms with Gasteiger partial charge in [-0.25, -0.2) is 9.07 Å². The Morgan fingerprint density at radius 2 is 1.93 bits per heavy atom. The van der Waals surface area contributed by atoms with Gasteiger partial charge in [0.1, 0.15) is 5.82 Å². The highest BCUT2D eigenvalue weighted by Crippen LogP contribution is 2.23. The van der Waals surface area contributed by atoms with Crippen LogP contribution in [0.3, 0.4) is 0 Å². The van der Waals surface area contributed by atoms with Gasteiger partial charge in [-0.15, -0.1) is 0 Å². The second-order valence-electron chi connectivity index (χ2n) is 7.30. The fourth-order valence-electron chi connectivity index (χ4n) is 3.63. The van der Waals surface area contributed by atoms with E-state index in [9.17, 15) is 9.18 Å². The normalized spacial score (nSPS) is 18.9. The molecule has 1 aromatic heterocycles. The fourth-order valence-corrected chi connectivity index (χ4v) is 3.63. The SMILES string of the molecule is CC1CC(CNC(=O)c2ccc(-n3nccc3-c3ccc(F)cc3)cc2)CN1. The van der Waals surface area contributed by atoms with Crippen LogP contribution < -0.4 is 10.6 Å². The average Bonchev–Trinajstić information content (AvgIpc) is 3.36. The Morgan fingerprint density at radius 3 is 2.61 bits per heavy atom. The smallest absolute Gasteiger partial charge is 0.251 e. The molecule has 1 aliphatic heterocycles. The summed E-state index contributed by atoms with van der Waals surface area (Å²) >= 11 is 0. The van der Waals surface area contributed by atoms with Crippen molar-refractivity contribution in [2.45, 2.75) is 19.4 Å². The summed E-state index contributed by atoms with van der Waals surface area (Å²) in [5.74, 6) is 0.152. The van der Waals surface area contributed by atoms with Gasteiger partial charge in [0.2, 0.25) is 0 Å². The Kier molecular flexibility index (Phi) is 5.21. The number of amides is 1. The molecule has 5 nitrogen and oxygen atoms in total. The standard InChI is InChI=1S/C22H23FN4O/c1-15-12-16(13-24-15)14-25-22(28)18-4-8-20(9-5-18)27-21(10-11-26-27)17-2-6-19(23)7-3-17/h2-11,15-16,24H,12-14H2,1H3,(H,25,28). The summed E-state index contributed by atoms with van der Waals surface area (Å²) in [4.78, 5) is 12.4. The van der Waals surface area contributed by atoms with Crippen LogP contribution in [0.15, 0.2) is 60.8 Å². The lowest BCUT2D eigenvalue weighted by Gasteiger charge is -2.11. The molecule has 0 saturated carbocycles. The first-order valence-corrected chi connectivity index (χ1v) is 9.52. The average molecular weight is 378 g/mol. The van der Waals surface area contributed by atoms with Crippen molar-refractivity contribution in [3.05, 3.63) is 72.2 Å². The Morgan fingerprint density at radius 1 is 1.18 bits per heavy atom. The van der Waals surface area contributed by atoms with Crippen LogP contribution in [0.1, 0.15) is 23.7 Å². The lowest BCUT2D eigenvalue weighted by Crippen LogP contribution is -2.30. The van der Waals surface area contributed by atoms with E-state index in [4.69, 9.17) is 0 Å². The zero-order chi connectivity index (χ0) is 19.5. The van der Waals surface area contributed by atoms with Gasteiger partial charge in [0.25, 0.3) is 5.91 Å². The van der Waals surface area contributed by atoms with Crippen molar-refractivity contribution >= 4 is 5.91 Å². The Labute approximate surface area is 163 Å². The third kappa shape index (κ3) is 3.97. The van der Waals surface area contributed by atoms with Crippen molar-refractivity contribution in [3.63, 3.8) is 0 Å². The van der Waals surface area contributed by atoms with Crippen molar-refractivity contribution in [3.8, 4) is 16.9 Å². The van der Waals surface area contributed by atoms with E-state index in [0.717, 1.165) is 29.9 Å². The number of carbonyl (C=O) groups is 1. The number of nitrogens with one attached hydrogen (secondary N) is 2. The summed E-state index contributed by atoms with van der Waals surface area (Å²) in [7, 11) is 0. The van der Waals surface area contributed by atoms with Gasteiger partial charge in [0.05, 0.1) is 17.6 Å². The predicted molar refractivity (Wildman–Crippen MR) is 107 cm³/mol. The van der Waals surface area contributed by atoms with E-state index in [-0.39, 0.29) is 11.7 Å². The third-order valence-electron chi connectivity index (χ3n) is 5.15. The van der Waals surface area contributed by atoms with Crippen molar-refractivity contribution in [1.82, 2.24) is 20.4 Å². The number of carbonyl (C=O) groups excluding carboxylic acids is 1. The molecule has 0 spiro atoms. The second kappa shape index (κ2) is 7.94. The van der Waals surface area contributed by atoms with E-state index in [1.807, 2.05) is 18.2 Å². The first kappa shape index (κ1) is 18.4. The van der Waals surface area contributed by atoms with E-state index in [2.05, 4.69) is 22.7 Å². The second-order valence-corrected chi connectivity index (χ2v) is 7.30. The minimum absolute atomic E-state index is 0.0645. The van der Waals surface area contributed by atoms with Gasteiger partial charge in [0.15, 0.2) is 0 Å². The number of hydrogen-bond donors (Lipinski definition) is 2. The lowest BCUT2D eigenvalue weighted by atomic mass is 10.1. The van der Waals surface area contributed by atoms with Crippen LogP contribution >= 0.6 is 0 Å². The minimum atomic E-state index is -0.270. The van der Waals surface area contributed by atoms with Gasteiger partial charge in [-0.3, -0.25) is 4.79 Å². The summed E-state index contributed by atoms with van der Waals surface area (Å²) in [5, 5.41) is 10.8. The number of hydrogen-bond acceptors (Lipinski definition) is 3. The zero-order valence-corrected chi connectivity index (χ0v) is 15.7. The molecule has 0 bridgehead atoms. The summed E-state index contributed by atoms with van der Waals surface area (Å²) in [5.41, 5.74) is 3.20. The van der Waals surface area contributed by atoms with Crippen molar-refractivity contribution in [2.24, 2.45) is 5.92 Å². The lowest BCUT2D eigenvalue weighted by molar-refractivity contribution is 0.0948. The van der Waals surface area contributed by atoms with E-state index >= 15 is 0 Å². The first-order valence-electron chi connectivity index (χ1n) is 9.52. The predicted octanol–water partition coefficient (Wildman–Crippen LogP) is 3.41. The number of rotatable bonds is 5. The largest absolute Gasteiger partial charge is 0.352 e. The number of nitrogens with zero attached hydrogens (tertiary/aromatic N) is 2. The molecule has 2 unspecified atom stereocenters. The zero-order valence-electron chi connectivity index (χ0n) is 15.7. The number of aromatic nitrogens is 2. The van der Waals surface area contributed by atoms with Crippen LogP contribution in [-0.4, -0.2) is 34.8 Å². The molecule has 1 saturated heterocycles. The summed E-state index contributed by atoms with van der Waals surface area (Å²) in [6.07, 6.45) is 2.79. The van der Waals surface area contributed by atoms with Gasteiger partial charge in [-0.1, -0.05) is 0 Å². The molecule has 2 N–H and O–H groups in total. The third-order valence-corrected chi connectivity index (χ3v) is 5.15. The van der Waals surface area contributed by atoms with Crippen LogP contribution in [0.4, 0.5) is 4.39 Å². The highest BCUT2D eigenvalue weighted by molar-refractivity contribution is 5.94. The number of halogens is 1. The molecule has 4 rings (SSSR count).